The Balaban J connectivity index is 1.72. The van der Waals surface area contributed by atoms with Gasteiger partial charge in [-0.2, -0.15) is 4.57 Å². The minimum Gasteiger partial charge on any atom is -0.437 e. The van der Waals surface area contributed by atoms with E-state index in [1.165, 1.54) is 0 Å². The molecule has 0 aliphatic heterocycles. The third kappa shape index (κ3) is 3.03. The van der Waals surface area contributed by atoms with Gasteiger partial charge in [0.15, 0.2) is 5.58 Å². The maximum Gasteiger partial charge on any atom is 0.227 e. The second-order valence-corrected chi connectivity index (χ2v) is 9.22. The van der Waals surface area contributed by atoms with Gasteiger partial charge >= 0.3 is 0 Å². The molecular formula is C31H29N2O+. The summed E-state index contributed by atoms with van der Waals surface area (Å²) in [6, 6.07) is 21.3. The molecule has 0 fully saturated rings. The molecule has 0 aliphatic rings. The summed E-state index contributed by atoms with van der Waals surface area (Å²) in [5.41, 5.74) is 5.38. The maximum absolute atomic E-state index is 8.74. The molecule has 3 aromatic heterocycles. The summed E-state index contributed by atoms with van der Waals surface area (Å²) in [4.78, 5) is 4.40. The summed E-state index contributed by atoms with van der Waals surface area (Å²) >= 11 is 0. The van der Waals surface area contributed by atoms with Crippen LogP contribution in [0.2, 0.25) is 0 Å². The molecule has 6 rings (SSSR count). The maximum atomic E-state index is 8.74. The number of furan rings is 1. The Morgan fingerprint density at radius 2 is 1.74 bits per heavy atom. The van der Waals surface area contributed by atoms with Crippen LogP contribution in [0.25, 0.3) is 55.0 Å². The van der Waals surface area contributed by atoms with Crippen LogP contribution in [0.5, 0.6) is 0 Å². The fourth-order valence-corrected chi connectivity index (χ4v) is 5.18. The molecule has 0 atom stereocenters. The van der Waals surface area contributed by atoms with Gasteiger partial charge in [0.05, 0.1) is 5.56 Å². The molecule has 3 aromatic carbocycles. The standard InChI is InChI=1S/C31H29N2O/c1-18(2)17-21-9-8-12-26-23(21)15-16-27(33(26)5)28-20(4)22-10-6-7-11-24(22)29-25-14-13-19(3)32-31(25)34-30(28)29/h6-16,18H,17H2,1-5H3/q+1/i3D3,17D2. The van der Waals surface area contributed by atoms with E-state index in [-0.39, 0.29) is 11.6 Å². The lowest BCUT2D eigenvalue weighted by Crippen LogP contribution is -2.32. The second-order valence-electron chi connectivity index (χ2n) is 9.22. The summed E-state index contributed by atoms with van der Waals surface area (Å²) in [6.07, 6.45) is -1.48. The van der Waals surface area contributed by atoms with Crippen molar-refractivity contribution in [3.05, 3.63) is 83.6 Å². The van der Waals surface area contributed by atoms with Gasteiger partial charge < -0.3 is 4.42 Å². The predicted molar refractivity (Wildman–Crippen MR) is 141 cm³/mol. The minimum atomic E-state index is -2.34. The van der Waals surface area contributed by atoms with Crippen molar-refractivity contribution in [2.75, 3.05) is 0 Å². The highest BCUT2D eigenvalue weighted by molar-refractivity contribution is 6.23. The molecule has 6 aromatic rings. The number of aryl methyl sites for hydroxylation is 3. The lowest BCUT2D eigenvalue weighted by atomic mass is 9.92. The number of rotatable bonds is 3. The van der Waals surface area contributed by atoms with Gasteiger partial charge in [0, 0.05) is 40.8 Å². The smallest absolute Gasteiger partial charge is 0.227 e. The van der Waals surface area contributed by atoms with Crippen molar-refractivity contribution in [1.82, 2.24) is 4.98 Å². The molecular weight excluding hydrogens is 416 g/mol. The van der Waals surface area contributed by atoms with Crippen LogP contribution in [0, 0.1) is 19.7 Å². The zero-order chi connectivity index (χ0) is 27.9. The van der Waals surface area contributed by atoms with Crippen molar-refractivity contribution >= 4 is 43.7 Å². The Morgan fingerprint density at radius 3 is 2.53 bits per heavy atom. The molecule has 0 saturated carbocycles. The molecule has 168 valence electrons. The van der Waals surface area contributed by atoms with Crippen LogP contribution in [0.1, 0.15) is 37.5 Å². The summed E-state index contributed by atoms with van der Waals surface area (Å²) in [5, 5.41) is 4.63. The molecule has 0 radical (unpaired) electrons. The van der Waals surface area contributed by atoms with E-state index in [4.69, 9.17) is 11.3 Å². The molecule has 0 aliphatic carbocycles. The van der Waals surface area contributed by atoms with Crippen molar-refractivity contribution < 1.29 is 15.8 Å². The summed E-state index contributed by atoms with van der Waals surface area (Å²) in [7, 11) is 1.99. The van der Waals surface area contributed by atoms with E-state index in [0.717, 1.165) is 49.3 Å². The number of pyridine rings is 2. The molecule has 0 N–H and O–H groups in total. The lowest BCUT2D eigenvalue weighted by molar-refractivity contribution is -0.633. The molecule has 0 spiro atoms. The van der Waals surface area contributed by atoms with Crippen LogP contribution in [0.4, 0.5) is 0 Å². The Bertz CT molecular complexity index is 1940. The van der Waals surface area contributed by atoms with Crippen molar-refractivity contribution in [2.24, 2.45) is 13.0 Å². The molecule has 34 heavy (non-hydrogen) atoms. The van der Waals surface area contributed by atoms with Gasteiger partial charge in [-0.05, 0) is 66.2 Å². The van der Waals surface area contributed by atoms with Crippen molar-refractivity contribution in [2.45, 2.75) is 34.0 Å². The average molecular weight is 451 g/mol. The summed E-state index contributed by atoms with van der Waals surface area (Å²) in [5.74, 6) is -0.182. The topological polar surface area (TPSA) is 29.9 Å². The highest BCUT2D eigenvalue weighted by Crippen LogP contribution is 2.42. The number of fused-ring (bicyclic) bond motifs is 6. The van der Waals surface area contributed by atoms with Crippen molar-refractivity contribution in [3.63, 3.8) is 0 Å². The third-order valence-electron chi connectivity index (χ3n) is 6.67. The van der Waals surface area contributed by atoms with E-state index >= 15 is 0 Å². The number of nitrogens with zero attached hydrogens (tertiary/aromatic N) is 2. The van der Waals surface area contributed by atoms with Crippen molar-refractivity contribution in [3.8, 4) is 11.3 Å². The molecule has 0 amide bonds. The van der Waals surface area contributed by atoms with Gasteiger partial charge in [0.1, 0.15) is 7.05 Å². The second kappa shape index (κ2) is 7.66. The van der Waals surface area contributed by atoms with Gasteiger partial charge in [0.2, 0.25) is 16.9 Å². The number of benzene rings is 3. The van der Waals surface area contributed by atoms with Crippen LogP contribution in [0.15, 0.2) is 71.1 Å². The van der Waals surface area contributed by atoms with E-state index in [2.05, 4.69) is 28.6 Å². The lowest BCUT2D eigenvalue weighted by Gasteiger charge is -2.13. The number of hydrogen-bond acceptors (Lipinski definition) is 2. The molecule has 0 bridgehead atoms. The molecule has 3 heterocycles. The largest absolute Gasteiger partial charge is 0.437 e. The highest BCUT2D eigenvalue weighted by Gasteiger charge is 2.25. The van der Waals surface area contributed by atoms with Gasteiger partial charge in [0.25, 0.3) is 0 Å². The van der Waals surface area contributed by atoms with Gasteiger partial charge in [-0.25, -0.2) is 4.98 Å². The Morgan fingerprint density at radius 1 is 0.941 bits per heavy atom. The first-order valence-corrected chi connectivity index (χ1v) is 11.6. The first kappa shape index (κ1) is 16.0. The highest BCUT2D eigenvalue weighted by atomic mass is 16.3. The molecule has 3 heteroatoms. The first-order valence-electron chi connectivity index (χ1n) is 14.1. The molecule has 3 nitrogen and oxygen atoms in total. The van der Waals surface area contributed by atoms with Crippen LogP contribution in [-0.4, -0.2) is 4.98 Å². The number of aromatic nitrogens is 2. The van der Waals surface area contributed by atoms with Crippen LogP contribution >= 0.6 is 0 Å². The van der Waals surface area contributed by atoms with Crippen LogP contribution in [0.3, 0.4) is 0 Å². The predicted octanol–water partition coefficient (Wildman–Crippen LogP) is 7.59. The summed E-state index contributed by atoms with van der Waals surface area (Å²) < 4.78 is 49.4. The van der Waals surface area contributed by atoms with Gasteiger partial charge in [-0.3, -0.25) is 0 Å². The Labute approximate surface area is 206 Å². The molecule has 0 unspecified atom stereocenters. The van der Waals surface area contributed by atoms with Crippen LogP contribution < -0.4 is 4.57 Å². The van der Waals surface area contributed by atoms with E-state index in [9.17, 15) is 0 Å². The zero-order valence-electron chi connectivity index (χ0n) is 24.7. The van der Waals surface area contributed by atoms with E-state index in [0.29, 0.717) is 16.9 Å². The fraction of sp³-hybridized carbons (Fsp3) is 0.226. The van der Waals surface area contributed by atoms with Crippen LogP contribution in [-0.2, 0) is 13.4 Å². The quantitative estimate of drug-likeness (QED) is 0.260. The summed E-state index contributed by atoms with van der Waals surface area (Å²) in [6.45, 7) is 3.53. The van der Waals surface area contributed by atoms with E-state index in [1.807, 2.05) is 63.4 Å². The van der Waals surface area contributed by atoms with E-state index < -0.39 is 13.2 Å². The zero-order valence-corrected chi connectivity index (χ0v) is 19.7. The SMILES string of the molecule is [2H]C([2H])([2H])c1ccc2c(n1)oc1c(-c3ccc4c(C([2H])([2H])C(C)C)cccc4[n+]3C)c(C)c3ccccc3c12. The van der Waals surface area contributed by atoms with Gasteiger partial charge in [-0.1, -0.05) is 50.2 Å². The van der Waals surface area contributed by atoms with E-state index in [1.54, 1.807) is 12.1 Å². The normalized spacial score (nSPS) is 15.0. The molecule has 0 saturated heterocycles. The monoisotopic (exact) mass is 450 g/mol. The Hall–Kier alpha value is -3.72. The Kier molecular flexibility index (Phi) is 3.61. The average Bonchev–Trinajstić information content (AvgIpc) is 3.27. The third-order valence-corrected chi connectivity index (χ3v) is 6.67. The van der Waals surface area contributed by atoms with Crippen molar-refractivity contribution in [1.29, 1.82) is 0 Å². The number of hydrogen-bond donors (Lipinski definition) is 0. The first-order chi connectivity index (χ1) is 18.4. The minimum absolute atomic E-state index is 0.000141. The van der Waals surface area contributed by atoms with Gasteiger partial charge in [-0.15, -0.1) is 0 Å². The fourth-order valence-electron chi connectivity index (χ4n) is 5.18.